The molecule has 0 saturated carbocycles. The van der Waals surface area contributed by atoms with Crippen LogP contribution in [0.15, 0.2) is 64.8 Å². The fourth-order valence-corrected chi connectivity index (χ4v) is 5.09. The van der Waals surface area contributed by atoms with Gasteiger partial charge < -0.3 is 9.38 Å². The summed E-state index contributed by atoms with van der Waals surface area (Å²) >= 11 is 6.59. The highest BCUT2D eigenvalue weighted by atomic mass is 35.5. The predicted octanol–water partition coefficient (Wildman–Crippen LogP) is 5.12. The summed E-state index contributed by atoms with van der Waals surface area (Å²) in [6.45, 7) is 13.0. The number of nitrogens with one attached hydrogen (secondary N) is 1. The van der Waals surface area contributed by atoms with Gasteiger partial charge in [-0.15, -0.1) is 10.2 Å². The molecule has 2 bridgehead atoms. The van der Waals surface area contributed by atoms with Crippen molar-refractivity contribution < 1.29 is 4.48 Å². The normalized spacial score (nSPS) is 22.2. The summed E-state index contributed by atoms with van der Waals surface area (Å²) in [5.74, 6) is 0.528. The van der Waals surface area contributed by atoms with E-state index in [1.165, 1.54) is 50.3 Å². The number of piperazine rings is 3. The molecule has 0 spiro atoms. The van der Waals surface area contributed by atoms with Crippen molar-refractivity contribution in [3.8, 4) is 11.3 Å². The third kappa shape index (κ3) is 4.95. The molecule has 3 aliphatic heterocycles. The quantitative estimate of drug-likeness (QED) is 0.372. The van der Waals surface area contributed by atoms with Gasteiger partial charge >= 0.3 is 0 Å². The third-order valence-corrected chi connectivity index (χ3v) is 7.41. The molecule has 8 heteroatoms. The van der Waals surface area contributed by atoms with Gasteiger partial charge in [0.2, 0.25) is 0 Å². The van der Waals surface area contributed by atoms with Gasteiger partial charge in [-0.05, 0) is 30.7 Å². The highest BCUT2D eigenvalue weighted by Gasteiger charge is 2.38. The molecule has 0 unspecified atom stereocenters. The zero-order chi connectivity index (χ0) is 22.7. The summed E-state index contributed by atoms with van der Waals surface area (Å²) in [4.78, 5) is 5.01. The lowest BCUT2D eigenvalue weighted by Crippen LogP contribution is -2.68. The SMILES string of the molecule is CCN(CC[N+]12CCN(CC1)CC2)c1ccc(N=Nc2cc(-c3ccccc3)[nH]n2)c(Cl)c1. The molecule has 3 aromatic rings. The lowest BCUT2D eigenvalue weighted by Gasteiger charge is -2.51. The average molecular weight is 465 g/mol. The van der Waals surface area contributed by atoms with Crippen molar-refractivity contribution in [1.82, 2.24) is 15.1 Å². The van der Waals surface area contributed by atoms with Gasteiger partial charge in [0.25, 0.3) is 0 Å². The summed E-state index contributed by atoms with van der Waals surface area (Å²) in [5, 5.41) is 16.5. The molecule has 6 rings (SSSR count). The standard InChI is InChI=1S/C25H31ClN7/c1-2-32(13-17-33-14-10-31(11-15-33)12-16-33)21-8-9-23(22(26)18-21)27-29-25-19-24(28-30-25)20-6-4-3-5-7-20/h3-9,18-19H,2,10-17H2,1H3,(H,28,30)/q+1. The maximum atomic E-state index is 6.59. The number of H-pyrrole nitrogens is 1. The monoisotopic (exact) mass is 464 g/mol. The summed E-state index contributed by atoms with van der Waals surface area (Å²) in [5.41, 5.74) is 3.76. The number of benzene rings is 2. The molecule has 33 heavy (non-hydrogen) atoms. The lowest BCUT2D eigenvalue weighted by atomic mass is 10.1. The zero-order valence-electron chi connectivity index (χ0n) is 19.1. The van der Waals surface area contributed by atoms with Gasteiger partial charge in [0.1, 0.15) is 5.69 Å². The van der Waals surface area contributed by atoms with Gasteiger partial charge in [-0.25, -0.2) is 0 Å². The molecule has 4 heterocycles. The van der Waals surface area contributed by atoms with Crippen LogP contribution in [0, 0.1) is 0 Å². The number of rotatable bonds is 8. The number of fused-ring (bicyclic) bond motifs is 3. The van der Waals surface area contributed by atoms with E-state index in [4.69, 9.17) is 11.6 Å². The van der Waals surface area contributed by atoms with Crippen LogP contribution in [0.1, 0.15) is 6.92 Å². The van der Waals surface area contributed by atoms with Crippen molar-refractivity contribution in [1.29, 1.82) is 0 Å². The first kappa shape index (κ1) is 22.1. The Morgan fingerprint density at radius 2 is 1.79 bits per heavy atom. The minimum Gasteiger partial charge on any atom is -0.366 e. The van der Waals surface area contributed by atoms with E-state index in [-0.39, 0.29) is 0 Å². The number of likely N-dealkylation sites (N-methyl/N-ethyl adjacent to an activating group) is 1. The van der Waals surface area contributed by atoms with Crippen molar-refractivity contribution >= 4 is 28.8 Å². The second-order valence-electron chi connectivity index (χ2n) is 9.00. The minimum atomic E-state index is 0.528. The molecule has 0 radical (unpaired) electrons. The van der Waals surface area contributed by atoms with E-state index in [0.29, 0.717) is 16.5 Å². The molecule has 0 amide bonds. The highest BCUT2D eigenvalue weighted by molar-refractivity contribution is 6.33. The molecule has 3 saturated heterocycles. The van der Waals surface area contributed by atoms with Crippen molar-refractivity contribution in [2.75, 3.05) is 63.8 Å². The van der Waals surface area contributed by atoms with E-state index in [1.54, 1.807) is 0 Å². The van der Waals surface area contributed by atoms with Crippen molar-refractivity contribution in [3.05, 3.63) is 59.6 Å². The first-order valence-corrected chi connectivity index (χ1v) is 12.2. The van der Waals surface area contributed by atoms with Crippen LogP contribution in [0.2, 0.25) is 5.02 Å². The van der Waals surface area contributed by atoms with Crippen LogP contribution in [0.3, 0.4) is 0 Å². The van der Waals surface area contributed by atoms with E-state index < -0.39 is 0 Å². The summed E-state index contributed by atoms with van der Waals surface area (Å²) in [6.07, 6.45) is 0. The van der Waals surface area contributed by atoms with Gasteiger partial charge in [-0.2, -0.15) is 5.10 Å². The first-order valence-electron chi connectivity index (χ1n) is 11.8. The first-order chi connectivity index (χ1) is 16.1. The number of aromatic nitrogens is 2. The number of aromatic amines is 1. The predicted molar refractivity (Wildman–Crippen MR) is 134 cm³/mol. The molecule has 1 aromatic heterocycles. The maximum Gasteiger partial charge on any atom is 0.196 e. The van der Waals surface area contributed by atoms with Crippen LogP contribution in [0.5, 0.6) is 0 Å². The number of halogens is 1. The molecule has 3 aliphatic rings. The van der Waals surface area contributed by atoms with E-state index >= 15 is 0 Å². The number of quaternary nitrogens is 1. The van der Waals surface area contributed by atoms with Crippen molar-refractivity contribution in [2.45, 2.75) is 6.92 Å². The fraction of sp³-hybridized carbons (Fsp3) is 0.400. The van der Waals surface area contributed by atoms with E-state index in [1.807, 2.05) is 48.5 Å². The molecule has 0 aliphatic carbocycles. The number of hydrogen-bond acceptors (Lipinski definition) is 5. The van der Waals surface area contributed by atoms with Crippen molar-refractivity contribution in [2.24, 2.45) is 10.2 Å². The van der Waals surface area contributed by atoms with E-state index in [9.17, 15) is 0 Å². The lowest BCUT2D eigenvalue weighted by molar-refractivity contribution is -0.939. The molecule has 0 atom stereocenters. The topological polar surface area (TPSA) is 59.9 Å². The van der Waals surface area contributed by atoms with Crippen LogP contribution in [0.25, 0.3) is 11.3 Å². The Bertz CT molecular complexity index is 1090. The number of nitrogens with zero attached hydrogens (tertiary/aromatic N) is 6. The Morgan fingerprint density at radius 3 is 2.48 bits per heavy atom. The summed E-state index contributed by atoms with van der Waals surface area (Å²) in [6, 6.07) is 18.0. The van der Waals surface area contributed by atoms with Gasteiger partial charge in [0.05, 0.1) is 43.4 Å². The molecule has 172 valence electrons. The largest absolute Gasteiger partial charge is 0.366 e. The fourth-order valence-electron chi connectivity index (χ4n) is 4.88. The van der Waals surface area contributed by atoms with Crippen LogP contribution < -0.4 is 4.90 Å². The van der Waals surface area contributed by atoms with Crippen LogP contribution >= 0.6 is 11.6 Å². The Balaban J connectivity index is 1.24. The Hall–Kier alpha value is -2.74. The minimum absolute atomic E-state index is 0.528. The summed E-state index contributed by atoms with van der Waals surface area (Å²) < 4.78 is 1.27. The average Bonchev–Trinajstić information content (AvgIpc) is 3.35. The van der Waals surface area contributed by atoms with Gasteiger partial charge in [0.15, 0.2) is 5.82 Å². The molecular formula is C25H31ClN7+. The zero-order valence-corrected chi connectivity index (χ0v) is 19.9. The molecular weight excluding hydrogens is 434 g/mol. The van der Waals surface area contributed by atoms with Crippen LogP contribution in [-0.4, -0.2) is 78.5 Å². The second kappa shape index (κ2) is 9.63. The van der Waals surface area contributed by atoms with Crippen molar-refractivity contribution in [3.63, 3.8) is 0 Å². The Kier molecular flexibility index (Phi) is 6.44. The third-order valence-electron chi connectivity index (χ3n) is 7.10. The highest BCUT2D eigenvalue weighted by Crippen LogP contribution is 2.31. The van der Waals surface area contributed by atoms with Crippen LogP contribution in [-0.2, 0) is 0 Å². The Morgan fingerprint density at radius 1 is 1.03 bits per heavy atom. The Labute approximate surface area is 200 Å². The number of hydrogen-bond donors (Lipinski definition) is 1. The summed E-state index contributed by atoms with van der Waals surface area (Å²) in [7, 11) is 0. The molecule has 2 aromatic carbocycles. The van der Waals surface area contributed by atoms with E-state index in [2.05, 4.69) is 43.2 Å². The van der Waals surface area contributed by atoms with E-state index in [0.717, 1.165) is 30.0 Å². The number of azo groups is 1. The number of anilines is 1. The van der Waals surface area contributed by atoms with Gasteiger partial charge in [-0.1, -0.05) is 41.9 Å². The molecule has 1 N–H and O–H groups in total. The van der Waals surface area contributed by atoms with Gasteiger partial charge in [0, 0.05) is 37.9 Å². The molecule has 3 fully saturated rings. The van der Waals surface area contributed by atoms with Gasteiger partial charge in [-0.3, -0.25) is 10.00 Å². The molecule has 7 nitrogen and oxygen atoms in total. The van der Waals surface area contributed by atoms with Crippen LogP contribution in [0.4, 0.5) is 17.2 Å². The smallest absolute Gasteiger partial charge is 0.196 e. The maximum absolute atomic E-state index is 6.59. The second-order valence-corrected chi connectivity index (χ2v) is 9.41.